The number of aliphatic hydroxyl groups is 1. The molecule has 0 aliphatic carbocycles. The van der Waals surface area contributed by atoms with Gasteiger partial charge >= 0.3 is 0 Å². The van der Waals surface area contributed by atoms with E-state index in [0.717, 1.165) is 11.3 Å². The predicted molar refractivity (Wildman–Crippen MR) is 76.1 cm³/mol. The molecule has 2 unspecified atom stereocenters. The maximum atomic E-state index is 10.0. The van der Waals surface area contributed by atoms with Crippen molar-refractivity contribution in [1.29, 1.82) is 0 Å². The van der Waals surface area contributed by atoms with E-state index in [-0.39, 0.29) is 6.04 Å². The van der Waals surface area contributed by atoms with E-state index in [1.54, 1.807) is 6.26 Å². The minimum Gasteiger partial charge on any atom is -0.440 e. The van der Waals surface area contributed by atoms with Crippen LogP contribution in [0.3, 0.4) is 0 Å². The first kappa shape index (κ1) is 14.1. The van der Waals surface area contributed by atoms with Gasteiger partial charge < -0.3 is 15.3 Å². The second kappa shape index (κ2) is 6.75. The average molecular weight is 278 g/mol. The molecule has 0 bridgehead atoms. The molecule has 3 N–H and O–H groups in total. The maximum Gasteiger partial charge on any atom is 0.255 e. The third kappa shape index (κ3) is 4.38. The molecule has 4 nitrogen and oxygen atoms in total. The molecule has 1 aromatic carbocycles. The van der Waals surface area contributed by atoms with Crippen LogP contribution in [0, 0.1) is 6.92 Å². The molecule has 0 aliphatic heterocycles. The van der Waals surface area contributed by atoms with Crippen LogP contribution >= 0.6 is 11.8 Å². The number of nitrogens with zero attached hydrogens (tertiary/aromatic N) is 1. The summed E-state index contributed by atoms with van der Waals surface area (Å²) in [5.74, 6) is 0.480. The summed E-state index contributed by atoms with van der Waals surface area (Å²) in [7, 11) is 0. The van der Waals surface area contributed by atoms with Crippen LogP contribution in [0.1, 0.15) is 11.3 Å². The highest BCUT2D eigenvalue weighted by molar-refractivity contribution is 7.99. The molecule has 0 spiro atoms. The van der Waals surface area contributed by atoms with Gasteiger partial charge in [0.15, 0.2) is 0 Å². The number of oxazole rings is 1. The zero-order valence-electron chi connectivity index (χ0n) is 10.8. The van der Waals surface area contributed by atoms with E-state index in [4.69, 9.17) is 10.2 Å². The fraction of sp³-hybridized carbons (Fsp3) is 0.357. The highest BCUT2D eigenvalue weighted by Crippen LogP contribution is 2.19. The van der Waals surface area contributed by atoms with Crippen molar-refractivity contribution in [2.75, 3.05) is 5.75 Å². The molecule has 2 rings (SSSR count). The number of aliphatic hydroxyl groups excluding tert-OH is 1. The van der Waals surface area contributed by atoms with Gasteiger partial charge in [-0.2, -0.15) is 0 Å². The number of aryl methyl sites for hydroxylation is 1. The first-order chi connectivity index (χ1) is 9.15. The van der Waals surface area contributed by atoms with Crippen LogP contribution in [0.25, 0.3) is 0 Å². The molecule has 0 saturated heterocycles. The molecular formula is C14H18N2O2S. The van der Waals surface area contributed by atoms with Crippen molar-refractivity contribution in [3.8, 4) is 0 Å². The molecule has 0 saturated carbocycles. The van der Waals surface area contributed by atoms with Gasteiger partial charge in [0.2, 0.25) is 0 Å². The summed E-state index contributed by atoms with van der Waals surface area (Å²) in [6.07, 6.45) is 1.67. The summed E-state index contributed by atoms with van der Waals surface area (Å²) in [5, 5.41) is 10.6. The van der Waals surface area contributed by atoms with Crippen molar-refractivity contribution in [3.05, 3.63) is 47.9 Å². The Hall–Kier alpha value is -1.30. The van der Waals surface area contributed by atoms with Gasteiger partial charge in [-0.05, 0) is 18.9 Å². The molecule has 0 aliphatic rings. The summed E-state index contributed by atoms with van der Waals surface area (Å²) >= 11 is 1.38. The van der Waals surface area contributed by atoms with Gasteiger partial charge in [-0.15, -0.1) is 0 Å². The smallest absolute Gasteiger partial charge is 0.255 e. The van der Waals surface area contributed by atoms with Crippen molar-refractivity contribution in [1.82, 2.24) is 4.98 Å². The third-order valence-corrected chi connectivity index (χ3v) is 3.73. The number of thioether (sulfide) groups is 1. The number of hydrogen-bond acceptors (Lipinski definition) is 5. The Morgan fingerprint density at radius 2 is 2.11 bits per heavy atom. The zero-order valence-corrected chi connectivity index (χ0v) is 11.6. The van der Waals surface area contributed by atoms with E-state index in [2.05, 4.69) is 4.98 Å². The minimum absolute atomic E-state index is 0.286. The second-order valence-corrected chi connectivity index (χ2v) is 5.46. The monoisotopic (exact) mass is 278 g/mol. The van der Waals surface area contributed by atoms with Gasteiger partial charge in [-0.1, -0.05) is 42.1 Å². The number of nitrogens with two attached hydrogens (primary N) is 1. The van der Waals surface area contributed by atoms with Crippen LogP contribution < -0.4 is 5.73 Å². The SMILES string of the molecule is Cc1coc(SCC(O)C(N)Cc2ccccc2)n1. The van der Waals surface area contributed by atoms with E-state index >= 15 is 0 Å². The van der Waals surface area contributed by atoms with Crippen molar-refractivity contribution in [3.63, 3.8) is 0 Å². The maximum absolute atomic E-state index is 10.0. The summed E-state index contributed by atoms with van der Waals surface area (Å²) in [6.45, 7) is 1.87. The van der Waals surface area contributed by atoms with Crippen LogP contribution in [0.2, 0.25) is 0 Å². The Balaban J connectivity index is 1.80. The van der Waals surface area contributed by atoms with Gasteiger partial charge in [0, 0.05) is 11.8 Å². The Bertz CT molecular complexity index is 501. The van der Waals surface area contributed by atoms with Gasteiger partial charge in [-0.3, -0.25) is 0 Å². The van der Waals surface area contributed by atoms with Crippen molar-refractivity contribution >= 4 is 11.8 Å². The second-order valence-electron chi connectivity index (χ2n) is 4.49. The highest BCUT2D eigenvalue weighted by atomic mass is 32.2. The average Bonchev–Trinajstić information content (AvgIpc) is 2.83. The Labute approximate surface area is 117 Å². The standard InChI is InChI=1S/C14H18N2O2S/c1-10-8-18-14(16-10)19-9-13(17)12(15)7-11-5-3-2-4-6-11/h2-6,8,12-13,17H,7,9,15H2,1H3. The third-order valence-electron chi connectivity index (χ3n) is 2.78. The van der Waals surface area contributed by atoms with E-state index in [1.165, 1.54) is 11.8 Å². The number of hydrogen-bond donors (Lipinski definition) is 2. The molecular weight excluding hydrogens is 260 g/mol. The zero-order chi connectivity index (χ0) is 13.7. The Morgan fingerprint density at radius 1 is 1.37 bits per heavy atom. The van der Waals surface area contributed by atoms with Crippen molar-refractivity contribution < 1.29 is 9.52 Å². The minimum atomic E-state index is -0.586. The topological polar surface area (TPSA) is 72.3 Å². The quantitative estimate of drug-likeness (QED) is 0.791. The molecule has 5 heteroatoms. The van der Waals surface area contributed by atoms with E-state index < -0.39 is 6.10 Å². The summed E-state index contributed by atoms with van der Waals surface area (Å²) in [4.78, 5) is 4.17. The summed E-state index contributed by atoms with van der Waals surface area (Å²) < 4.78 is 5.21. The number of aromatic nitrogens is 1. The predicted octanol–water partition coefficient (Wildman–Crippen LogP) is 2.01. The van der Waals surface area contributed by atoms with Gasteiger partial charge in [-0.25, -0.2) is 4.98 Å². The van der Waals surface area contributed by atoms with Crippen LogP contribution in [0.15, 0.2) is 46.2 Å². The molecule has 1 heterocycles. The van der Waals surface area contributed by atoms with Crippen LogP contribution in [0.5, 0.6) is 0 Å². The van der Waals surface area contributed by atoms with Gasteiger partial charge in [0.25, 0.3) is 5.22 Å². The summed E-state index contributed by atoms with van der Waals surface area (Å²) in [5.41, 5.74) is 7.97. The molecule has 2 aromatic rings. The molecule has 102 valence electrons. The van der Waals surface area contributed by atoms with E-state index in [0.29, 0.717) is 17.4 Å². The van der Waals surface area contributed by atoms with Crippen LogP contribution in [0.4, 0.5) is 0 Å². The molecule has 1 aromatic heterocycles. The van der Waals surface area contributed by atoms with E-state index in [1.807, 2.05) is 37.3 Å². The molecule has 2 atom stereocenters. The molecule has 0 amide bonds. The van der Waals surface area contributed by atoms with Gasteiger partial charge in [0.1, 0.15) is 6.26 Å². The normalized spacial score (nSPS) is 14.3. The largest absolute Gasteiger partial charge is 0.440 e. The number of rotatable bonds is 6. The van der Waals surface area contributed by atoms with Crippen molar-refractivity contribution in [2.24, 2.45) is 5.73 Å². The lowest BCUT2D eigenvalue weighted by atomic mass is 10.0. The first-order valence-corrected chi connectivity index (χ1v) is 7.16. The first-order valence-electron chi connectivity index (χ1n) is 6.17. The Morgan fingerprint density at radius 3 is 2.74 bits per heavy atom. The lowest BCUT2D eigenvalue weighted by Crippen LogP contribution is -2.38. The van der Waals surface area contributed by atoms with Crippen LogP contribution in [-0.2, 0) is 6.42 Å². The number of benzene rings is 1. The van der Waals surface area contributed by atoms with Gasteiger partial charge in [0.05, 0.1) is 11.8 Å². The van der Waals surface area contributed by atoms with E-state index in [9.17, 15) is 5.11 Å². The lowest BCUT2D eigenvalue weighted by Gasteiger charge is -2.17. The molecule has 0 radical (unpaired) electrons. The fourth-order valence-electron chi connectivity index (χ4n) is 1.70. The molecule has 19 heavy (non-hydrogen) atoms. The van der Waals surface area contributed by atoms with Crippen LogP contribution in [-0.4, -0.2) is 28.0 Å². The Kier molecular flexibility index (Phi) is 5.01. The summed E-state index contributed by atoms with van der Waals surface area (Å²) in [6, 6.07) is 9.64. The fourth-order valence-corrected chi connectivity index (χ4v) is 2.59. The lowest BCUT2D eigenvalue weighted by molar-refractivity contribution is 0.167. The highest BCUT2D eigenvalue weighted by Gasteiger charge is 2.16. The molecule has 0 fully saturated rings. The van der Waals surface area contributed by atoms with Crippen molar-refractivity contribution in [2.45, 2.75) is 30.7 Å².